The van der Waals surface area contributed by atoms with Gasteiger partial charge in [0.25, 0.3) is 0 Å². The lowest BCUT2D eigenvalue weighted by Gasteiger charge is -2.09. The van der Waals surface area contributed by atoms with Gasteiger partial charge in [-0.05, 0) is 36.1 Å². The number of hydrogen-bond donors (Lipinski definition) is 0. The molecule has 0 heterocycles. The largest absolute Gasteiger partial charge is 0.294 e. The van der Waals surface area contributed by atoms with E-state index in [1.165, 1.54) is 12.8 Å². The van der Waals surface area contributed by atoms with Crippen LogP contribution in [0.5, 0.6) is 0 Å². The molecule has 1 saturated carbocycles. The monoisotopic (exact) mass is 284 g/mol. The van der Waals surface area contributed by atoms with Crippen molar-refractivity contribution < 1.29 is 4.79 Å². The Kier molecular flexibility index (Phi) is 3.88. The van der Waals surface area contributed by atoms with Crippen molar-refractivity contribution in [2.75, 3.05) is 0 Å². The van der Waals surface area contributed by atoms with Crippen LogP contribution >= 0.6 is 11.6 Å². The normalized spacial score (nSPS) is 15.4. The molecule has 1 aliphatic rings. The van der Waals surface area contributed by atoms with Gasteiger partial charge < -0.3 is 0 Å². The average Bonchev–Trinajstić information content (AvgIpc) is 3.02. The van der Waals surface area contributed by atoms with Crippen molar-refractivity contribution in [2.45, 2.75) is 25.7 Å². The summed E-state index contributed by atoms with van der Waals surface area (Å²) in [6.07, 6.45) is 4.49. The molecule has 0 spiro atoms. The number of rotatable bonds is 3. The minimum absolute atomic E-state index is 0.247. The third-order valence-electron chi connectivity index (χ3n) is 4.07. The predicted octanol–water partition coefficient (Wildman–Crippen LogP) is 5.38. The van der Waals surface area contributed by atoms with E-state index < -0.39 is 0 Å². The fourth-order valence-corrected chi connectivity index (χ4v) is 3.02. The van der Waals surface area contributed by atoms with Gasteiger partial charge >= 0.3 is 0 Å². The molecule has 20 heavy (non-hydrogen) atoms. The smallest absolute Gasteiger partial charge is 0.165 e. The molecule has 0 saturated heterocycles. The summed E-state index contributed by atoms with van der Waals surface area (Å²) in [5.74, 6) is 0.557. The van der Waals surface area contributed by atoms with E-state index in [0.717, 1.165) is 34.6 Å². The first-order valence-corrected chi connectivity index (χ1v) is 7.52. The summed E-state index contributed by atoms with van der Waals surface area (Å²) in [6.45, 7) is 0. The second-order valence-electron chi connectivity index (χ2n) is 5.43. The summed E-state index contributed by atoms with van der Waals surface area (Å²) in [4.78, 5) is 12.3. The predicted molar refractivity (Wildman–Crippen MR) is 83.2 cm³/mol. The van der Waals surface area contributed by atoms with Crippen molar-refractivity contribution in [2.24, 2.45) is 5.92 Å². The van der Waals surface area contributed by atoms with Gasteiger partial charge in [-0.25, -0.2) is 0 Å². The molecule has 0 amide bonds. The molecule has 1 aliphatic carbocycles. The standard InChI is InChI=1S/C18H17ClO/c19-17-11-9-14(10-12-17)13-5-7-16(8-6-13)18(20)15-3-1-2-4-15/h5-12,15H,1-4H2. The Morgan fingerprint density at radius 3 is 1.90 bits per heavy atom. The van der Waals surface area contributed by atoms with Crippen molar-refractivity contribution in [3.8, 4) is 11.1 Å². The van der Waals surface area contributed by atoms with Crippen molar-refractivity contribution in [1.82, 2.24) is 0 Å². The summed E-state index contributed by atoms with van der Waals surface area (Å²) in [5.41, 5.74) is 3.08. The van der Waals surface area contributed by atoms with Gasteiger partial charge in [0.15, 0.2) is 5.78 Å². The SMILES string of the molecule is O=C(c1ccc(-c2ccc(Cl)cc2)cc1)C1CCCC1. The molecular weight excluding hydrogens is 268 g/mol. The second-order valence-corrected chi connectivity index (χ2v) is 5.87. The molecule has 0 unspecified atom stereocenters. The van der Waals surface area contributed by atoms with Crippen molar-refractivity contribution in [3.05, 3.63) is 59.1 Å². The van der Waals surface area contributed by atoms with Gasteiger partial charge in [0.2, 0.25) is 0 Å². The minimum Gasteiger partial charge on any atom is -0.294 e. The first kappa shape index (κ1) is 13.4. The Morgan fingerprint density at radius 1 is 0.850 bits per heavy atom. The van der Waals surface area contributed by atoms with Gasteiger partial charge in [0.05, 0.1) is 0 Å². The Bertz CT molecular complexity index is 592. The van der Waals surface area contributed by atoms with Gasteiger partial charge in [-0.1, -0.05) is 60.8 Å². The molecule has 2 aromatic rings. The maximum atomic E-state index is 12.3. The fourth-order valence-electron chi connectivity index (χ4n) is 2.89. The van der Waals surface area contributed by atoms with E-state index in [-0.39, 0.29) is 5.92 Å². The zero-order valence-corrected chi connectivity index (χ0v) is 12.1. The number of carbonyl (C=O) groups excluding carboxylic acids is 1. The van der Waals surface area contributed by atoms with Gasteiger partial charge in [-0.3, -0.25) is 4.79 Å². The van der Waals surface area contributed by atoms with Crippen LogP contribution in [0.3, 0.4) is 0 Å². The number of benzene rings is 2. The van der Waals surface area contributed by atoms with E-state index in [1.807, 2.05) is 48.5 Å². The molecule has 0 radical (unpaired) electrons. The van der Waals surface area contributed by atoms with Gasteiger partial charge in [0, 0.05) is 16.5 Å². The molecule has 0 bridgehead atoms. The van der Waals surface area contributed by atoms with Crippen LogP contribution in [-0.4, -0.2) is 5.78 Å². The minimum atomic E-state index is 0.247. The zero-order chi connectivity index (χ0) is 13.9. The molecular formula is C18H17ClO. The second kappa shape index (κ2) is 5.80. The molecule has 0 aromatic heterocycles. The maximum Gasteiger partial charge on any atom is 0.165 e. The topological polar surface area (TPSA) is 17.1 Å². The highest BCUT2D eigenvalue weighted by atomic mass is 35.5. The van der Waals surface area contributed by atoms with Crippen LogP contribution in [0.15, 0.2) is 48.5 Å². The Labute approximate surface area is 124 Å². The summed E-state index contributed by atoms with van der Waals surface area (Å²) in [5, 5.41) is 0.738. The van der Waals surface area contributed by atoms with Gasteiger partial charge in [-0.15, -0.1) is 0 Å². The molecule has 1 nitrogen and oxygen atoms in total. The van der Waals surface area contributed by atoms with Crippen LogP contribution in [0.2, 0.25) is 5.02 Å². The first-order chi connectivity index (χ1) is 9.74. The number of carbonyl (C=O) groups is 1. The van der Waals surface area contributed by atoms with Crippen molar-refractivity contribution in [3.63, 3.8) is 0 Å². The highest BCUT2D eigenvalue weighted by Crippen LogP contribution is 2.29. The first-order valence-electron chi connectivity index (χ1n) is 7.14. The fraction of sp³-hybridized carbons (Fsp3) is 0.278. The number of ketones is 1. The highest BCUT2D eigenvalue weighted by molar-refractivity contribution is 6.30. The average molecular weight is 285 g/mol. The van der Waals surface area contributed by atoms with Crippen LogP contribution in [0.1, 0.15) is 36.0 Å². The van der Waals surface area contributed by atoms with E-state index >= 15 is 0 Å². The van der Waals surface area contributed by atoms with Gasteiger partial charge in [-0.2, -0.15) is 0 Å². The van der Waals surface area contributed by atoms with Gasteiger partial charge in [0.1, 0.15) is 0 Å². The Morgan fingerprint density at radius 2 is 1.35 bits per heavy atom. The molecule has 2 aromatic carbocycles. The van der Waals surface area contributed by atoms with Crippen LogP contribution < -0.4 is 0 Å². The lowest BCUT2D eigenvalue weighted by molar-refractivity contribution is 0.0923. The molecule has 102 valence electrons. The molecule has 2 heteroatoms. The number of Topliss-reactive ketones (excluding diaryl/α,β-unsaturated/α-hetero) is 1. The van der Waals surface area contributed by atoms with E-state index in [2.05, 4.69) is 0 Å². The Hall–Kier alpha value is -1.60. The third kappa shape index (κ3) is 2.78. The lowest BCUT2D eigenvalue weighted by atomic mass is 9.95. The third-order valence-corrected chi connectivity index (χ3v) is 4.32. The highest BCUT2D eigenvalue weighted by Gasteiger charge is 2.23. The van der Waals surface area contributed by atoms with Crippen LogP contribution in [0.4, 0.5) is 0 Å². The van der Waals surface area contributed by atoms with E-state index in [9.17, 15) is 4.79 Å². The van der Waals surface area contributed by atoms with E-state index in [1.54, 1.807) is 0 Å². The van der Waals surface area contributed by atoms with Crippen LogP contribution in [-0.2, 0) is 0 Å². The van der Waals surface area contributed by atoms with Crippen LogP contribution in [0, 0.1) is 5.92 Å². The van der Waals surface area contributed by atoms with Crippen molar-refractivity contribution >= 4 is 17.4 Å². The maximum absolute atomic E-state index is 12.3. The number of hydrogen-bond acceptors (Lipinski definition) is 1. The summed E-state index contributed by atoms with van der Waals surface area (Å²) in [7, 11) is 0. The van der Waals surface area contributed by atoms with Crippen LogP contribution in [0.25, 0.3) is 11.1 Å². The van der Waals surface area contributed by atoms with E-state index in [4.69, 9.17) is 11.6 Å². The molecule has 3 rings (SSSR count). The van der Waals surface area contributed by atoms with Crippen molar-refractivity contribution in [1.29, 1.82) is 0 Å². The molecule has 0 aliphatic heterocycles. The summed E-state index contributed by atoms with van der Waals surface area (Å²) < 4.78 is 0. The Balaban J connectivity index is 1.80. The lowest BCUT2D eigenvalue weighted by Crippen LogP contribution is -2.10. The number of halogens is 1. The summed E-state index contributed by atoms with van der Waals surface area (Å²) in [6, 6.07) is 15.7. The molecule has 0 N–H and O–H groups in total. The molecule has 0 atom stereocenters. The summed E-state index contributed by atoms with van der Waals surface area (Å²) >= 11 is 5.89. The molecule has 1 fully saturated rings. The quantitative estimate of drug-likeness (QED) is 0.692. The zero-order valence-electron chi connectivity index (χ0n) is 11.3. The van der Waals surface area contributed by atoms with E-state index in [0.29, 0.717) is 5.78 Å².